The van der Waals surface area contributed by atoms with E-state index in [1.165, 1.54) is 103 Å². The SMILES string of the molecule is CCCCCCCCCCOC(=O)CCCN(CCO)CCCCN(CCO)CCCCCC(=O)OC(CCCCCCCC)CCCCCCCC. The van der Waals surface area contributed by atoms with Gasteiger partial charge in [-0.25, -0.2) is 0 Å². The van der Waals surface area contributed by atoms with E-state index in [-0.39, 0.29) is 31.3 Å². The first-order chi connectivity index (χ1) is 26.0. The molecule has 0 amide bonds. The molecule has 0 heterocycles. The summed E-state index contributed by atoms with van der Waals surface area (Å²) in [5.41, 5.74) is 0. The van der Waals surface area contributed by atoms with Crippen molar-refractivity contribution in [3.8, 4) is 0 Å². The summed E-state index contributed by atoms with van der Waals surface area (Å²) in [7, 11) is 0. The number of hydrogen-bond donors (Lipinski definition) is 2. The maximum absolute atomic E-state index is 12.8. The van der Waals surface area contributed by atoms with Gasteiger partial charge in [-0.05, 0) is 90.4 Å². The minimum absolute atomic E-state index is 0.0256. The second-order valence-electron chi connectivity index (χ2n) is 15.7. The van der Waals surface area contributed by atoms with E-state index in [1.54, 1.807) is 0 Å². The molecule has 8 nitrogen and oxygen atoms in total. The Kier molecular flexibility index (Phi) is 41.0. The van der Waals surface area contributed by atoms with Crippen molar-refractivity contribution in [1.29, 1.82) is 0 Å². The predicted molar refractivity (Wildman–Crippen MR) is 223 cm³/mol. The van der Waals surface area contributed by atoms with Gasteiger partial charge in [-0.2, -0.15) is 0 Å². The molecule has 0 aliphatic rings. The molecule has 0 aliphatic carbocycles. The monoisotopic (exact) mass is 755 g/mol. The Morgan fingerprint density at radius 2 is 0.811 bits per heavy atom. The van der Waals surface area contributed by atoms with Crippen molar-refractivity contribution in [3.63, 3.8) is 0 Å². The minimum Gasteiger partial charge on any atom is -0.466 e. The van der Waals surface area contributed by atoms with Gasteiger partial charge in [-0.1, -0.05) is 136 Å². The highest BCUT2D eigenvalue weighted by Crippen LogP contribution is 2.18. The normalized spacial score (nSPS) is 11.7. The Labute approximate surface area is 328 Å². The second-order valence-corrected chi connectivity index (χ2v) is 15.7. The summed E-state index contributed by atoms with van der Waals surface area (Å²) in [5, 5.41) is 19.2. The summed E-state index contributed by atoms with van der Waals surface area (Å²) in [4.78, 5) is 29.5. The van der Waals surface area contributed by atoms with Crippen molar-refractivity contribution in [1.82, 2.24) is 9.80 Å². The van der Waals surface area contributed by atoms with Crippen LogP contribution in [0.5, 0.6) is 0 Å². The van der Waals surface area contributed by atoms with E-state index in [0.717, 1.165) is 103 Å². The van der Waals surface area contributed by atoms with Crippen molar-refractivity contribution in [2.45, 2.75) is 219 Å². The predicted octanol–water partition coefficient (Wildman–Crippen LogP) is 10.8. The molecule has 0 rings (SSSR count). The molecule has 0 aromatic heterocycles. The van der Waals surface area contributed by atoms with E-state index in [1.807, 2.05) is 0 Å². The smallest absolute Gasteiger partial charge is 0.306 e. The van der Waals surface area contributed by atoms with Crippen LogP contribution in [0.25, 0.3) is 0 Å². The summed E-state index contributed by atoms with van der Waals surface area (Å²) in [6.07, 6.45) is 33.7. The second kappa shape index (κ2) is 41.9. The van der Waals surface area contributed by atoms with Gasteiger partial charge >= 0.3 is 11.9 Å². The van der Waals surface area contributed by atoms with E-state index in [2.05, 4.69) is 30.6 Å². The maximum atomic E-state index is 12.8. The number of hydrogen-bond acceptors (Lipinski definition) is 8. The highest BCUT2D eigenvalue weighted by Gasteiger charge is 2.15. The first kappa shape index (κ1) is 51.8. The third-order valence-corrected chi connectivity index (χ3v) is 10.6. The molecule has 0 radical (unpaired) electrons. The lowest BCUT2D eigenvalue weighted by Gasteiger charge is -2.24. The average Bonchev–Trinajstić information content (AvgIpc) is 3.15. The standard InChI is InChI=1S/C45H90N2O6/c1-4-7-10-13-16-17-20-28-42-52-44(50)33-29-37-47(39-41-49)36-27-26-35-46(38-40-48)34-25-21-24-32-45(51)53-43(30-22-18-14-11-8-5-2)31-23-19-15-12-9-6-3/h43,48-49H,4-42H2,1-3H3. The zero-order valence-corrected chi connectivity index (χ0v) is 35.6. The van der Waals surface area contributed by atoms with Gasteiger partial charge in [0.25, 0.3) is 0 Å². The van der Waals surface area contributed by atoms with E-state index in [9.17, 15) is 19.8 Å². The van der Waals surface area contributed by atoms with Crippen LogP contribution in [0.2, 0.25) is 0 Å². The Bertz CT molecular complexity index is 753. The van der Waals surface area contributed by atoms with E-state index in [4.69, 9.17) is 9.47 Å². The zero-order chi connectivity index (χ0) is 38.9. The highest BCUT2D eigenvalue weighted by atomic mass is 16.5. The lowest BCUT2D eigenvalue weighted by molar-refractivity contribution is -0.150. The van der Waals surface area contributed by atoms with Crippen molar-refractivity contribution in [2.24, 2.45) is 0 Å². The van der Waals surface area contributed by atoms with Crippen molar-refractivity contribution >= 4 is 11.9 Å². The fraction of sp³-hybridized carbons (Fsp3) is 0.956. The van der Waals surface area contributed by atoms with Crippen molar-refractivity contribution in [3.05, 3.63) is 0 Å². The van der Waals surface area contributed by atoms with E-state index in [0.29, 0.717) is 32.5 Å². The third-order valence-electron chi connectivity index (χ3n) is 10.6. The molecule has 2 N–H and O–H groups in total. The third kappa shape index (κ3) is 37.5. The maximum Gasteiger partial charge on any atom is 0.306 e. The lowest BCUT2D eigenvalue weighted by atomic mass is 10.0. The Balaban J connectivity index is 4.24. The Morgan fingerprint density at radius 1 is 0.434 bits per heavy atom. The van der Waals surface area contributed by atoms with Gasteiger partial charge in [0.2, 0.25) is 0 Å². The molecule has 0 fully saturated rings. The average molecular weight is 755 g/mol. The number of nitrogens with zero attached hydrogens (tertiary/aromatic N) is 2. The summed E-state index contributed by atoms with van der Waals surface area (Å²) in [6, 6.07) is 0. The van der Waals surface area contributed by atoms with Crippen LogP contribution in [-0.2, 0) is 19.1 Å². The summed E-state index contributed by atoms with van der Waals surface area (Å²) in [5.74, 6) is -0.132. The number of carbonyl (C=O) groups is 2. The highest BCUT2D eigenvalue weighted by molar-refractivity contribution is 5.69. The number of rotatable bonds is 43. The van der Waals surface area contributed by atoms with Crippen LogP contribution in [0.1, 0.15) is 213 Å². The summed E-state index contributed by atoms with van der Waals surface area (Å²) >= 11 is 0. The minimum atomic E-state index is -0.107. The zero-order valence-electron chi connectivity index (χ0n) is 35.6. The molecule has 0 saturated carbocycles. The van der Waals surface area contributed by atoms with Gasteiger partial charge < -0.3 is 29.5 Å². The molecular formula is C45H90N2O6. The number of aliphatic hydroxyl groups excluding tert-OH is 2. The first-order valence-electron chi connectivity index (χ1n) is 23.0. The van der Waals surface area contributed by atoms with Crippen LogP contribution in [0.3, 0.4) is 0 Å². The molecule has 0 unspecified atom stereocenters. The van der Waals surface area contributed by atoms with Gasteiger partial charge in [-0.3, -0.25) is 9.59 Å². The Hall–Kier alpha value is -1.22. The molecule has 53 heavy (non-hydrogen) atoms. The van der Waals surface area contributed by atoms with Crippen LogP contribution in [0, 0.1) is 0 Å². The largest absolute Gasteiger partial charge is 0.466 e. The van der Waals surface area contributed by atoms with Gasteiger partial charge in [0, 0.05) is 25.9 Å². The van der Waals surface area contributed by atoms with Gasteiger partial charge in [0.15, 0.2) is 0 Å². The van der Waals surface area contributed by atoms with Crippen molar-refractivity contribution in [2.75, 3.05) is 59.1 Å². The molecule has 0 saturated heterocycles. The quantitative estimate of drug-likeness (QED) is 0.0469. The molecule has 316 valence electrons. The Morgan fingerprint density at radius 3 is 1.28 bits per heavy atom. The molecule has 0 spiro atoms. The number of carbonyl (C=O) groups excluding carboxylic acids is 2. The molecule has 0 bridgehead atoms. The molecule has 8 heteroatoms. The van der Waals surface area contributed by atoms with Crippen LogP contribution in [0.15, 0.2) is 0 Å². The van der Waals surface area contributed by atoms with Crippen LogP contribution < -0.4 is 0 Å². The topological polar surface area (TPSA) is 99.5 Å². The van der Waals surface area contributed by atoms with E-state index < -0.39 is 0 Å². The number of esters is 2. The summed E-state index contributed by atoms with van der Waals surface area (Å²) < 4.78 is 11.5. The fourth-order valence-corrected chi connectivity index (χ4v) is 7.16. The molecular weight excluding hydrogens is 665 g/mol. The molecule has 0 aliphatic heterocycles. The lowest BCUT2D eigenvalue weighted by Crippen LogP contribution is -2.32. The molecule has 0 atom stereocenters. The van der Waals surface area contributed by atoms with Crippen LogP contribution >= 0.6 is 0 Å². The first-order valence-corrected chi connectivity index (χ1v) is 23.0. The van der Waals surface area contributed by atoms with Gasteiger partial charge in [0.05, 0.1) is 19.8 Å². The number of unbranched alkanes of at least 4 members (excludes halogenated alkanes) is 20. The van der Waals surface area contributed by atoms with Crippen LogP contribution in [-0.4, -0.2) is 97.1 Å². The number of ether oxygens (including phenoxy) is 2. The van der Waals surface area contributed by atoms with Crippen molar-refractivity contribution < 1.29 is 29.3 Å². The van der Waals surface area contributed by atoms with Gasteiger partial charge in [-0.15, -0.1) is 0 Å². The number of aliphatic hydroxyl groups is 2. The molecule has 0 aromatic rings. The van der Waals surface area contributed by atoms with Crippen LogP contribution in [0.4, 0.5) is 0 Å². The fourth-order valence-electron chi connectivity index (χ4n) is 7.16. The van der Waals surface area contributed by atoms with E-state index >= 15 is 0 Å². The van der Waals surface area contributed by atoms with Gasteiger partial charge in [0.1, 0.15) is 6.10 Å². The molecule has 0 aromatic carbocycles. The summed E-state index contributed by atoms with van der Waals surface area (Å²) in [6.45, 7) is 12.4.